The van der Waals surface area contributed by atoms with Crippen molar-refractivity contribution in [3.8, 4) is 0 Å². The van der Waals surface area contributed by atoms with Gasteiger partial charge in [0.05, 0.1) is 22.7 Å². The molecule has 1 aromatic carbocycles. The Bertz CT molecular complexity index is 864. The fourth-order valence-corrected chi connectivity index (χ4v) is 2.78. The summed E-state index contributed by atoms with van der Waals surface area (Å²) in [4.78, 5) is 35.0. The maximum Gasteiger partial charge on any atom is 0.271 e. The molecule has 0 saturated carbocycles. The van der Waals surface area contributed by atoms with Crippen LogP contribution in [0.1, 0.15) is 10.4 Å². The molecule has 2 aliphatic rings. The Labute approximate surface area is 130 Å². The van der Waals surface area contributed by atoms with Gasteiger partial charge in [0, 0.05) is 24.9 Å². The van der Waals surface area contributed by atoms with Crippen molar-refractivity contribution in [3.63, 3.8) is 0 Å². The van der Waals surface area contributed by atoms with Crippen LogP contribution in [0.25, 0.3) is 0 Å². The normalized spacial score (nSPS) is 16.0. The molecule has 0 spiro atoms. The second-order valence-electron chi connectivity index (χ2n) is 5.13. The van der Waals surface area contributed by atoms with E-state index >= 15 is 0 Å². The average Bonchev–Trinajstić information content (AvgIpc) is 3.05. The Hall–Kier alpha value is -3.29. The number of carbonyl (C=O) groups excluding carboxylic acids is 1. The van der Waals surface area contributed by atoms with Gasteiger partial charge in [-0.3, -0.25) is 29.7 Å². The molecule has 8 heteroatoms. The van der Waals surface area contributed by atoms with Crippen molar-refractivity contribution in [1.29, 1.82) is 0 Å². The molecule has 0 radical (unpaired) electrons. The van der Waals surface area contributed by atoms with Crippen molar-refractivity contribution in [1.82, 2.24) is 9.88 Å². The predicted molar refractivity (Wildman–Crippen MR) is 82.8 cm³/mol. The Kier molecular flexibility index (Phi) is 2.83. The molecular weight excluding hydrogens is 298 g/mol. The van der Waals surface area contributed by atoms with E-state index in [1.54, 1.807) is 40.3 Å². The predicted octanol–water partition coefficient (Wildman–Crippen LogP) is 1.95. The number of aromatic nitrogens is 1. The van der Waals surface area contributed by atoms with Gasteiger partial charge in [-0.2, -0.15) is 0 Å². The lowest BCUT2D eigenvalue weighted by Crippen LogP contribution is -2.48. The number of carbonyl (C=O) groups is 1. The number of pyridine rings is 1. The Morgan fingerprint density at radius 1 is 1.22 bits per heavy atom. The number of non-ortho nitro benzene ring substituents is 1. The second kappa shape index (κ2) is 4.87. The minimum absolute atomic E-state index is 0.0259. The van der Waals surface area contributed by atoms with E-state index in [0.717, 1.165) is 0 Å². The van der Waals surface area contributed by atoms with Crippen molar-refractivity contribution >= 4 is 29.1 Å². The van der Waals surface area contributed by atoms with E-state index in [9.17, 15) is 14.9 Å². The fraction of sp³-hybridized carbons (Fsp3) is 0.133. The van der Waals surface area contributed by atoms with Crippen LogP contribution in [0.4, 0.5) is 17.2 Å². The smallest absolute Gasteiger partial charge is 0.271 e. The number of fused-ring (bicyclic) bond motifs is 2. The van der Waals surface area contributed by atoms with Gasteiger partial charge in [0.2, 0.25) is 5.96 Å². The largest absolute Gasteiger partial charge is 0.276 e. The van der Waals surface area contributed by atoms with E-state index in [0.29, 0.717) is 36.1 Å². The number of guanidine groups is 1. The molecule has 1 aromatic heterocycles. The zero-order valence-corrected chi connectivity index (χ0v) is 11.9. The molecule has 0 N–H and O–H groups in total. The summed E-state index contributed by atoms with van der Waals surface area (Å²) in [6.07, 6.45) is 1.58. The van der Waals surface area contributed by atoms with Gasteiger partial charge in [-0.15, -0.1) is 0 Å². The van der Waals surface area contributed by atoms with Crippen molar-refractivity contribution < 1.29 is 9.72 Å². The lowest BCUT2D eigenvalue weighted by Gasteiger charge is -2.34. The number of aliphatic imine (C=N–C) groups is 1. The molecule has 1 amide bonds. The third kappa shape index (κ3) is 1.95. The second-order valence-corrected chi connectivity index (χ2v) is 5.13. The number of nitro benzene ring substituents is 1. The van der Waals surface area contributed by atoms with Crippen LogP contribution in [0, 0.1) is 10.1 Å². The third-order valence-corrected chi connectivity index (χ3v) is 3.79. The zero-order chi connectivity index (χ0) is 16.0. The molecule has 0 bridgehead atoms. The van der Waals surface area contributed by atoms with Gasteiger partial charge in [-0.25, -0.2) is 4.98 Å². The molecule has 23 heavy (non-hydrogen) atoms. The number of amides is 1. The van der Waals surface area contributed by atoms with E-state index in [-0.39, 0.29) is 11.6 Å². The standard InChI is InChI=1S/C15H11N5O3/c21-14-12-5-2-6-16-13(12)19(15-17-7-8-18(14)15)10-3-1-4-11(9-10)20(22)23/h1-6,9H,7-8H2. The van der Waals surface area contributed by atoms with Gasteiger partial charge in [0.15, 0.2) is 5.82 Å². The fourth-order valence-electron chi connectivity index (χ4n) is 2.78. The minimum Gasteiger partial charge on any atom is -0.276 e. The molecular formula is C15H11N5O3. The highest BCUT2D eigenvalue weighted by atomic mass is 16.6. The molecule has 0 aliphatic carbocycles. The number of anilines is 2. The summed E-state index contributed by atoms with van der Waals surface area (Å²) in [5.41, 5.74) is 0.985. The number of hydrogen-bond donors (Lipinski definition) is 0. The topological polar surface area (TPSA) is 91.9 Å². The highest BCUT2D eigenvalue weighted by molar-refractivity contribution is 6.21. The molecule has 2 aromatic rings. The van der Waals surface area contributed by atoms with E-state index in [2.05, 4.69) is 9.98 Å². The SMILES string of the molecule is O=C1c2cccnc2N(c2cccc([N+](=O)[O-])c2)C2=NCCN12. The van der Waals surface area contributed by atoms with E-state index in [1.165, 1.54) is 12.1 Å². The number of benzene rings is 1. The van der Waals surface area contributed by atoms with Gasteiger partial charge in [-0.1, -0.05) is 6.07 Å². The first-order chi connectivity index (χ1) is 11.2. The van der Waals surface area contributed by atoms with Gasteiger partial charge < -0.3 is 0 Å². The van der Waals surface area contributed by atoms with Crippen LogP contribution in [0.3, 0.4) is 0 Å². The highest BCUT2D eigenvalue weighted by Crippen LogP contribution is 2.35. The van der Waals surface area contributed by atoms with Crippen molar-refractivity contribution in [2.45, 2.75) is 0 Å². The van der Waals surface area contributed by atoms with Crippen LogP contribution < -0.4 is 4.90 Å². The maximum absolute atomic E-state index is 12.5. The molecule has 2 aliphatic heterocycles. The number of nitrogens with zero attached hydrogens (tertiary/aromatic N) is 5. The molecule has 3 heterocycles. The van der Waals surface area contributed by atoms with E-state index in [4.69, 9.17) is 0 Å². The first-order valence-corrected chi connectivity index (χ1v) is 7.03. The Morgan fingerprint density at radius 2 is 2.09 bits per heavy atom. The summed E-state index contributed by atoms with van der Waals surface area (Å²) in [6.45, 7) is 0.994. The first kappa shape index (κ1) is 13.4. The van der Waals surface area contributed by atoms with Gasteiger partial charge in [0.1, 0.15) is 0 Å². The highest BCUT2D eigenvalue weighted by Gasteiger charge is 2.39. The first-order valence-electron chi connectivity index (χ1n) is 7.03. The summed E-state index contributed by atoms with van der Waals surface area (Å²) in [7, 11) is 0. The summed E-state index contributed by atoms with van der Waals surface area (Å²) in [5.74, 6) is 0.752. The Morgan fingerprint density at radius 3 is 2.91 bits per heavy atom. The quantitative estimate of drug-likeness (QED) is 0.624. The summed E-state index contributed by atoms with van der Waals surface area (Å²) in [6, 6.07) is 9.61. The molecule has 0 unspecified atom stereocenters. The lowest BCUT2D eigenvalue weighted by molar-refractivity contribution is -0.384. The van der Waals surface area contributed by atoms with Crippen LogP contribution in [-0.4, -0.2) is 39.8 Å². The Balaban J connectivity index is 1.92. The average molecular weight is 309 g/mol. The van der Waals surface area contributed by atoms with Crippen LogP contribution in [0.5, 0.6) is 0 Å². The van der Waals surface area contributed by atoms with Crippen LogP contribution in [0.15, 0.2) is 47.6 Å². The van der Waals surface area contributed by atoms with Crippen LogP contribution in [-0.2, 0) is 0 Å². The molecule has 8 nitrogen and oxygen atoms in total. The van der Waals surface area contributed by atoms with E-state index in [1.807, 2.05) is 0 Å². The van der Waals surface area contributed by atoms with Gasteiger partial charge in [0.25, 0.3) is 11.6 Å². The van der Waals surface area contributed by atoms with Gasteiger partial charge in [-0.05, 0) is 18.2 Å². The number of rotatable bonds is 2. The number of nitro groups is 1. The maximum atomic E-state index is 12.5. The molecule has 0 atom stereocenters. The summed E-state index contributed by atoms with van der Waals surface area (Å²) >= 11 is 0. The summed E-state index contributed by atoms with van der Waals surface area (Å²) in [5, 5.41) is 11.0. The molecule has 0 fully saturated rings. The van der Waals surface area contributed by atoms with Crippen molar-refractivity contribution in [3.05, 3.63) is 58.3 Å². The third-order valence-electron chi connectivity index (χ3n) is 3.79. The van der Waals surface area contributed by atoms with Gasteiger partial charge >= 0.3 is 0 Å². The molecule has 4 rings (SSSR count). The molecule has 0 saturated heterocycles. The number of hydrogen-bond acceptors (Lipinski definition) is 6. The monoisotopic (exact) mass is 309 g/mol. The minimum atomic E-state index is -0.452. The van der Waals surface area contributed by atoms with Crippen molar-refractivity contribution in [2.75, 3.05) is 18.0 Å². The summed E-state index contributed by atoms with van der Waals surface area (Å²) < 4.78 is 0. The van der Waals surface area contributed by atoms with Crippen LogP contribution >= 0.6 is 0 Å². The van der Waals surface area contributed by atoms with Crippen molar-refractivity contribution in [2.24, 2.45) is 4.99 Å². The van der Waals surface area contributed by atoms with E-state index < -0.39 is 4.92 Å². The van der Waals surface area contributed by atoms with Crippen LogP contribution in [0.2, 0.25) is 0 Å². The molecule has 114 valence electrons. The zero-order valence-electron chi connectivity index (χ0n) is 11.9. The lowest BCUT2D eigenvalue weighted by atomic mass is 10.1.